The molecule has 0 fully saturated rings. The molecule has 0 radical (unpaired) electrons. The molecule has 156 valence electrons. The van der Waals surface area contributed by atoms with E-state index in [4.69, 9.17) is 13.9 Å². The van der Waals surface area contributed by atoms with Crippen molar-refractivity contribution >= 4 is 8.32 Å². The van der Waals surface area contributed by atoms with Gasteiger partial charge in [-0.1, -0.05) is 65.0 Å². The second kappa shape index (κ2) is 12.6. The zero-order valence-electron chi connectivity index (χ0n) is 18.6. The minimum absolute atomic E-state index is 0.322. The van der Waals surface area contributed by atoms with Gasteiger partial charge in [0.2, 0.25) is 0 Å². The Hall–Kier alpha value is -0.843. The fraction of sp³-hybridized carbons (Fsp3) is 0.739. The van der Waals surface area contributed by atoms with Crippen LogP contribution in [0.15, 0.2) is 24.3 Å². The summed E-state index contributed by atoms with van der Waals surface area (Å²) < 4.78 is 17.2. The summed E-state index contributed by atoms with van der Waals surface area (Å²) in [6, 6.07) is 8.09. The van der Waals surface area contributed by atoms with E-state index in [0.717, 1.165) is 25.4 Å². The van der Waals surface area contributed by atoms with Gasteiger partial charge in [-0.2, -0.15) is 0 Å². The van der Waals surface area contributed by atoms with E-state index in [9.17, 15) is 0 Å². The molecule has 0 aliphatic rings. The maximum atomic E-state index is 6.23. The van der Waals surface area contributed by atoms with Gasteiger partial charge in [0.1, 0.15) is 5.75 Å². The van der Waals surface area contributed by atoms with Crippen LogP contribution < -0.4 is 4.74 Å². The summed E-state index contributed by atoms with van der Waals surface area (Å²) in [6.07, 6.45) is 8.90. The molecule has 0 bridgehead atoms. The monoisotopic (exact) mass is 394 g/mol. The Kier molecular flexibility index (Phi) is 11.3. The Morgan fingerprint density at radius 1 is 0.778 bits per heavy atom. The largest absolute Gasteiger partial charge is 0.497 e. The zero-order valence-corrected chi connectivity index (χ0v) is 19.6. The maximum absolute atomic E-state index is 6.23. The quantitative estimate of drug-likeness (QED) is 0.252. The van der Waals surface area contributed by atoms with Crippen molar-refractivity contribution in [2.75, 3.05) is 20.3 Å². The third-order valence-corrected chi connectivity index (χ3v) is 10.2. The third-order valence-electron chi connectivity index (χ3n) is 5.63. The lowest BCUT2D eigenvalue weighted by molar-refractivity contribution is 0.116. The van der Waals surface area contributed by atoms with Gasteiger partial charge in [-0.25, -0.2) is 0 Å². The fourth-order valence-corrected chi connectivity index (χ4v) is 3.73. The second-order valence-corrected chi connectivity index (χ2v) is 13.8. The molecule has 1 aromatic rings. The number of unbranched alkanes of at least 4 members (excludes halogenated alkanes) is 6. The first kappa shape index (κ1) is 24.2. The van der Waals surface area contributed by atoms with E-state index in [-0.39, 0.29) is 0 Å². The highest BCUT2D eigenvalue weighted by atomic mass is 28.4. The van der Waals surface area contributed by atoms with Crippen molar-refractivity contribution < 1.29 is 13.9 Å². The van der Waals surface area contributed by atoms with Gasteiger partial charge in [0.25, 0.3) is 0 Å². The average molecular weight is 395 g/mol. The van der Waals surface area contributed by atoms with Crippen LogP contribution in [0.3, 0.4) is 0 Å². The number of hydrogen-bond donors (Lipinski definition) is 0. The molecule has 0 N–H and O–H groups in total. The summed E-state index contributed by atoms with van der Waals surface area (Å²) in [7, 11) is 0.141. The highest BCUT2D eigenvalue weighted by molar-refractivity contribution is 6.74. The predicted molar refractivity (Wildman–Crippen MR) is 118 cm³/mol. The molecule has 4 heteroatoms. The van der Waals surface area contributed by atoms with Crippen molar-refractivity contribution in [2.45, 2.75) is 90.5 Å². The molecule has 0 heterocycles. The maximum Gasteiger partial charge on any atom is 0.191 e. The minimum atomic E-state index is -1.55. The normalized spacial score (nSPS) is 12.4. The molecule has 1 rings (SSSR count). The Bertz CT molecular complexity index is 491. The Labute approximate surface area is 168 Å². The number of rotatable bonds is 14. The van der Waals surface area contributed by atoms with Crippen molar-refractivity contribution in [2.24, 2.45) is 0 Å². The van der Waals surface area contributed by atoms with E-state index >= 15 is 0 Å². The van der Waals surface area contributed by atoms with E-state index in [1.54, 1.807) is 7.11 Å². The second-order valence-electron chi connectivity index (χ2n) is 8.98. The molecular formula is C23H42O3Si. The van der Waals surface area contributed by atoms with Gasteiger partial charge < -0.3 is 13.9 Å². The molecule has 0 amide bonds. The van der Waals surface area contributed by atoms with Gasteiger partial charge in [0.05, 0.1) is 13.7 Å². The summed E-state index contributed by atoms with van der Waals surface area (Å²) in [6.45, 7) is 14.1. The van der Waals surface area contributed by atoms with Crippen molar-refractivity contribution in [3.05, 3.63) is 29.8 Å². The van der Waals surface area contributed by atoms with Crippen LogP contribution in [0.2, 0.25) is 18.1 Å². The van der Waals surface area contributed by atoms with Crippen molar-refractivity contribution in [1.29, 1.82) is 0 Å². The molecule has 0 saturated carbocycles. The van der Waals surface area contributed by atoms with Gasteiger partial charge in [0.15, 0.2) is 8.32 Å². The van der Waals surface area contributed by atoms with Crippen LogP contribution in [0.25, 0.3) is 0 Å². The molecule has 1 aromatic carbocycles. The Balaban J connectivity index is 1.90. The molecule has 0 aromatic heterocycles. The first-order chi connectivity index (χ1) is 12.8. The smallest absolute Gasteiger partial charge is 0.191 e. The van der Waals surface area contributed by atoms with E-state index < -0.39 is 8.32 Å². The zero-order chi connectivity index (χ0) is 20.2. The summed E-state index contributed by atoms with van der Waals surface area (Å²) in [5.41, 5.74) is 1.20. The lowest BCUT2D eigenvalue weighted by atomic mass is 10.1. The van der Waals surface area contributed by atoms with Gasteiger partial charge in [-0.3, -0.25) is 0 Å². The van der Waals surface area contributed by atoms with Crippen LogP contribution in [0.5, 0.6) is 5.75 Å². The highest BCUT2D eigenvalue weighted by Gasteiger charge is 2.36. The topological polar surface area (TPSA) is 27.7 Å². The summed E-state index contributed by atoms with van der Waals surface area (Å²) in [5.74, 6) is 0.894. The standard InChI is InChI=1S/C23H42O3Si/c1-23(2,3)27(5,6)26-19-13-11-9-7-8-10-12-18-25-20-21-14-16-22(24-4)17-15-21/h14-17H,7-13,18-20H2,1-6H3. The summed E-state index contributed by atoms with van der Waals surface area (Å²) in [4.78, 5) is 0. The van der Waals surface area contributed by atoms with Gasteiger partial charge in [-0.15, -0.1) is 0 Å². The number of methoxy groups -OCH3 is 1. The van der Waals surface area contributed by atoms with Crippen molar-refractivity contribution in [3.63, 3.8) is 0 Å². The lowest BCUT2D eigenvalue weighted by Crippen LogP contribution is -2.40. The van der Waals surface area contributed by atoms with Crippen LogP contribution in [0.1, 0.15) is 71.3 Å². The Morgan fingerprint density at radius 2 is 1.30 bits per heavy atom. The van der Waals surface area contributed by atoms with Crippen LogP contribution in [0, 0.1) is 0 Å². The number of ether oxygens (including phenoxy) is 2. The van der Waals surface area contributed by atoms with Crippen LogP contribution in [-0.4, -0.2) is 28.6 Å². The van der Waals surface area contributed by atoms with Gasteiger partial charge >= 0.3 is 0 Å². The first-order valence-corrected chi connectivity index (χ1v) is 13.5. The number of benzene rings is 1. The first-order valence-electron chi connectivity index (χ1n) is 10.6. The van der Waals surface area contributed by atoms with E-state index in [2.05, 4.69) is 46.0 Å². The van der Waals surface area contributed by atoms with Gasteiger partial charge in [-0.05, 0) is 48.7 Å². The molecule has 27 heavy (non-hydrogen) atoms. The molecule has 0 unspecified atom stereocenters. The summed E-state index contributed by atoms with van der Waals surface area (Å²) >= 11 is 0. The minimum Gasteiger partial charge on any atom is -0.497 e. The van der Waals surface area contributed by atoms with Crippen LogP contribution in [0.4, 0.5) is 0 Å². The lowest BCUT2D eigenvalue weighted by Gasteiger charge is -2.36. The van der Waals surface area contributed by atoms with E-state index in [1.165, 1.54) is 44.1 Å². The molecule has 0 spiro atoms. The molecule has 0 saturated heterocycles. The number of hydrogen-bond acceptors (Lipinski definition) is 3. The van der Waals surface area contributed by atoms with E-state index in [0.29, 0.717) is 11.6 Å². The van der Waals surface area contributed by atoms with E-state index in [1.807, 2.05) is 12.1 Å². The van der Waals surface area contributed by atoms with Gasteiger partial charge in [0, 0.05) is 13.2 Å². The van der Waals surface area contributed by atoms with Crippen LogP contribution >= 0.6 is 0 Å². The average Bonchev–Trinajstić information content (AvgIpc) is 2.62. The highest BCUT2D eigenvalue weighted by Crippen LogP contribution is 2.36. The molecular weight excluding hydrogens is 352 g/mol. The van der Waals surface area contributed by atoms with Crippen molar-refractivity contribution in [3.8, 4) is 5.75 Å². The molecule has 0 aliphatic heterocycles. The SMILES string of the molecule is COc1ccc(COCCCCCCCCCO[Si](C)(C)C(C)(C)C)cc1. The predicted octanol–water partition coefficient (Wildman–Crippen LogP) is 6.96. The van der Waals surface area contributed by atoms with Crippen molar-refractivity contribution in [1.82, 2.24) is 0 Å². The van der Waals surface area contributed by atoms with Crippen LogP contribution in [-0.2, 0) is 15.8 Å². The molecule has 0 atom stereocenters. The fourth-order valence-electron chi connectivity index (χ4n) is 2.65. The molecule has 3 nitrogen and oxygen atoms in total. The summed E-state index contributed by atoms with van der Waals surface area (Å²) in [5, 5.41) is 0.322. The third kappa shape index (κ3) is 10.3. The molecule has 0 aliphatic carbocycles. The Morgan fingerprint density at radius 3 is 1.81 bits per heavy atom.